The Morgan fingerprint density at radius 1 is 1.59 bits per heavy atom. The molecule has 0 saturated carbocycles. The summed E-state index contributed by atoms with van der Waals surface area (Å²) in [7, 11) is 0. The molecule has 0 fully saturated rings. The molecule has 1 amide bonds. The molecule has 0 unspecified atom stereocenters. The minimum atomic E-state index is -1.44. The van der Waals surface area contributed by atoms with Crippen LogP contribution in [0.25, 0.3) is 0 Å². The second kappa shape index (κ2) is 7.41. The summed E-state index contributed by atoms with van der Waals surface area (Å²) < 4.78 is 6.27. The van der Waals surface area contributed by atoms with Crippen molar-refractivity contribution >= 4 is 23.5 Å². The summed E-state index contributed by atoms with van der Waals surface area (Å²) in [5.41, 5.74) is -1.44. The molecule has 1 heterocycles. The predicted molar refractivity (Wildman–Crippen MR) is 78.8 cm³/mol. The first-order chi connectivity index (χ1) is 10.2. The molecule has 1 rings (SSSR count). The minimum absolute atomic E-state index is 0.0990. The van der Waals surface area contributed by atoms with E-state index in [1.165, 1.54) is 16.4 Å². The van der Waals surface area contributed by atoms with Gasteiger partial charge in [-0.15, -0.1) is 0 Å². The first-order valence-electron chi connectivity index (χ1n) is 6.71. The molecule has 1 atom stereocenters. The van der Waals surface area contributed by atoms with Gasteiger partial charge in [0.15, 0.2) is 0 Å². The van der Waals surface area contributed by atoms with Gasteiger partial charge in [-0.1, -0.05) is 0 Å². The van der Waals surface area contributed by atoms with Gasteiger partial charge in [-0.3, -0.25) is 4.57 Å². The maximum Gasteiger partial charge on any atom is 0.409 e. The van der Waals surface area contributed by atoms with Gasteiger partial charge in [-0.2, -0.15) is 0 Å². The number of aliphatic hydroxyl groups is 1. The summed E-state index contributed by atoms with van der Waals surface area (Å²) in [4.78, 5) is 26.7. The van der Waals surface area contributed by atoms with Crippen LogP contribution in [0.4, 0.5) is 10.6 Å². The molecule has 0 aliphatic carbocycles. The number of hydrogen-bond acceptors (Lipinski definition) is 6. The highest BCUT2D eigenvalue weighted by Gasteiger charge is 2.28. The predicted octanol–water partition coefficient (Wildman–Crippen LogP) is 1.67. The number of carbonyl (C=O) groups is 1. The summed E-state index contributed by atoms with van der Waals surface area (Å²) in [5.74, 6) is -0.416. The van der Waals surface area contributed by atoms with Crippen LogP contribution in [0.2, 0.25) is 5.28 Å². The van der Waals surface area contributed by atoms with Crippen molar-refractivity contribution in [1.29, 1.82) is 0 Å². The number of halogens is 1. The molecule has 0 aliphatic heterocycles. The van der Waals surface area contributed by atoms with Gasteiger partial charge in [0.1, 0.15) is 18.4 Å². The lowest BCUT2D eigenvalue weighted by Crippen LogP contribution is -2.40. The number of nitrogens with zero attached hydrogens (tertiary/aromatic N) is 4. The Balaban J connectivity index is 2.67. The maximum absolute atomic E-state index is 11.7. The zero-order valence-electron chi connectivity index (χ0n) is 12.7. The Kier molecular flexibility index (Phi) is 6.12. The smallest absolute Gasteiger partial charge is 0.409 e. The average Bonchev–Trinajstić information content (AvgIpc) is 2.79. The van der Waals surface area contributed by atoms with Gasteiger partial charge in [0, 0.05) is 13.1 Å². The van der Waals surface area contributed by atoms with E-state index in [1.807, 2.05) is 13.8 Å². The highest BCUT2D eigenvalue weighted by molar-refractivity contribution is 6.28. The lowest BCUT2D eigenvalue weighted by Gasteiger charge is -2.25. The Morgan fingerprint density at radius 2 is 2.18 bits per heavy atom. The zero-order valence-corrected chi connectivity index (χ0v) is 13.4. The molecule has 0 spiro atoms. The molecule has 1 N–H and O–H groups in total. The van der Waals surface area contributed by atoms with E-state index in [-0.39, 0.29) is 18.4 Å². The van der Waals surface area contributed by atoms with Gasteiger partial charge < -0.3 is 24.9 Å². The van der Waals surface area contributed by atoms with Crippen molar-refractivity contribution in [1.82, 2.24) is 14.5 Å². The standard InChI is InChI=1S/C12H19ClN4O5/c1-4-15(5-2)11(18)22-8-12(3,19)7-16-6-9(17(20)21)14-10(16)13/h6,19H,4-5,7-8H2,1-3H3/t12-/m1/s1. The van der Waals surface area contributed by atoms with E-state index in [2.05, 4.69) is 4.98 Å². The van der Waals surface area contributed by atoms with Crippen LogP contribution in [0.3, 0.4) is 0 Å². The fraction of sp³-hybridized carbons (Fsp3) is 0.667. The fourth-order valence-corrected chi connectivity index (χ4v) is 1.98. The van der Waals surface area contributed by atoms with E-state index in [4.69, 9.17) is 16.3 Å². The molecule has 9 nitrogen and oxygen atoms in total. The second-order valence-corrected chi connectivity index (χ2v) is 5.32. The number of carbonyl (C=O) groups excluding carboxylic acids is 1. The first kappa shape index (κ1) is 18.2. The third-order valence-electron chi connectivity index (χ3n) is 2.94. The van der Waals surface area contributed by atoms with Crippen molar-refractivity contribution in [2.24, 2.45) is 0 Å². The molecule has 124 valence electrons. The largest absolute Gasteiger partial charge is 0.446 e. The molecule has 10 heteroatoms. The monoisotopic (exact) mass is 334 g/mol. The number of ether oxygens (including phenoxy) is 1. The maximum atomic E-state index is 11.7. The van der Waals surface area contributed by atoms with E-state index in [9.17, 15) is 20.0 Å². The summed E-state index contributed by atoms with van der Waals surface area (Å²) in [6, 6.07) is 0. The summed E-state index contributed by atoms with van der Waals surface area (Å²) in [6.45, 7) is 5.68. The Labute approximate surface area is 132 Å². The van der Waals surface area contributed by atoms with Crippen LogP contribution >= 0.6 is 11.6 Å². The van der Waals surface area contributed by atoms with Crippen LogP contribution in [0.1, 0.15) is 20.8 Å². The van der Waals surface area contributed by atoms with Gasteiger partial charge >= 0.3 is 17.2 Å². The SMILES string of the molecule is CCN(CC)C(=O)OC[C@](C)(O)Cn1cc([N+](=O)[O-])nc1Cl. The van der Waals surface area contributed by atoms with Crippen molar-refractivity contribution in [3.05, 3.63) is 21.6 Å². The van der Waals surface area contributed by atoms with Crippen LogP contribution in [0, 0.1) is 10.1 Å². The van der Waals surface area contributed by atoms with Crippen LogP contribution in [-0.4, -0.2) is 55.9 Å². The van der Waals surface area contributed by atoms with Crippen LogP contribution in [0.15, 0.2) is 6.20 Å². The normalized spacial score (nSPS) is 13.5. The Bertz CT molecular complexity index is 542. The van der Waals surface area contributed by atoms with E-state index in [1.54, 1.807) is 0 Å². The second-order valence-electron chi connectivity index (χ2n) is 4.98. The molecular formula is C12H19ClN4O5. The molecule has 0 saturated heterocycles. The van der Waals surface area contributed by atoms with Gasteiger partial charge in [0.05, 0.1) is 6.54 Å². The Hall–Kier alpha value is -1.87. The van der Waals surface area contributed by atoms with E-state index >= 15 is 0 Å². The van der Waals surface area contributed by atoms with Crippen molar-refractivity contribution in [2.75, 3.05) is 19.7 Å². The third kappa shape index (κ3) is 4.85. The number of nitro groups is 1. The minimum Gasteiger partial charge on any atom is -0.446 e. The molecule has 1 aromatic rings. The molecular weight excluding hydrogens is 316 g/mol. The number of hydrogen-bond donors (Lipinski definition) is 1. The third-order valence-corrected chi connectivity index (χ3v) is 3.24. The van der Waals surface area contributed by atoms with Gasteiger partial charge in [-0.05, 0) is 42.3 Å². The highest BCUT2D eigenvalue weighted by atomic mass is 35.5. The summed E-state index contributed by atoms with van der Waals surface area (Å²) >= 11 is 5.77. The van der Waals surface area contributed by atoms with E-state index in [0.29, 0.717) is 13.1 Å². The van der Waals surface area contributed by atoms with Crippen LogP contribution in [0.5, 0.6) is 0 Å². The number of rotatable bonds is 7. The number of amides is 1. The van der Waals surface area contributed by atoms with Gasteiger partial charge in [0.2, 0.25) is 0 Å². The summed E-state index contributed by atoms with van der Waals surface area (Å²) in [5, 5.41) is 20.7. The van der Waals surface area contributed by atoms with Crippen molar-refractivity contribution < 1.29 is 19.6 Å². The molecule has 0 aliphatic rings. The van der Waals surface area contributed by atoms with E-state index in [0.717, 1.165) is 6.20 Å². The Morgan fingerprint density at radius 3 is 2.64 bits per heavy atom. The van der Waals surface area contributed by atoms with Crippen molar-refractivity contribution in [2.45, 2.75) is 32.9 Å². The van der Waals surface area contributed by atoms with Gasteiger partial charge in [0.25, 0.3) is 0 Å². The van der Waals surface area contributed by atoms with Crippen molar-refractivity contribution in [3.8, 4) is 0 Å². The lowest BCUT2D eigenvalue weighted by atomic mass is 10.1. The molecule has 0 aromatic carbocycles. The quantitative estimate of drug-likeness (QED) is 0.599. The topological polar surface area (TPSA) is 111 Å². The van der Waals surface area contributed by atoms with Gasteiger partial charge in [-0.25, -0.2) is 4.79 Å². The average molecular weight is 335 g/mol. The molecule has 22 heavy (non-hydrogen) atoms. The number of imidazole rings is 1. The zero-order chi connectivity index (χ0) is 16.9. The van der Waals surface area contributed by atoms with Crippen LogP contribution in [-0.2, 0) is 11.3 Å². The first-order valence-corrected chi connectivity index (χ1v) is 7.09. The molecule has 0 bridgehead atoms. The number of aromatic nitrogens is 2. The molecule has 1 aromatic heterocycles. The van der Waals surface area contributed by atoms with Crippen LogP contribution < -0.4 is 0 Å². The molecule has 0 radical (unpaired) electrons. The fourth-order valence-electron chi connectivity index (χ4n) is 1.78. The highest BCUT2D eigenvalue weighted by Crippen LogP contribution is 2.19. The summed E-state index contributed by atoms with van der Waals surface area (Å²) in [6.07, 6.45) is 0.580. The lowest BCUT2D eigenvalue weighted by molar-refractivity contribution is -0.389. The van der Waals surface area contributed by atoms with E-state index < -0.39 is 22.4 Å². The van der Waals surface area contributed by atoms with Crippen molar-refractivity contribution in [3.63, 3.8) is 0 Å².